The van der Waals surface area contributed by atoms with Crippen molar-refractivity contribution in [2.24, 2.45) is 0 Å². The largest absolute Gasteiger partial charge is 0.472 e. The summed E-state index contributed by atoms with van der Waals surface area (Å²) < 4.78 is 19.4. The fourth-order valence-electron chi connectivity index (χ4n) is 3.34. The highest BCUT2D eigenvalue weighted by atomic mass is 19.1. The molecule has 0 bridgehead atoms. The number of nitrogens with one attached hydrogen (secondary N) is 1. The summed E-state index contributed by atoms with van der Waals surface area (Å²) in [5.74, 6) is -0.585. The van der Waals surface area contributed by atoms with Gasteiger partial charge in [-0.2, -0.15) is 0 Å². The number of benzene rings is 2. The molecule has 3 aromatic rings. The quantitative estimate of drug-likeness (QED) is 0.693. The van der Waals surface area contributed by atoms with Crippen LogP contribution in [0.1, 0.15) is 44.7 Å². The molecule has 1 heterocycles. The second-order valence-electron chi connectivity index (χ2n) is 6.84. The van der Waals surface area contributed by atoms with Crippen LogP contribution in [0.15, 0.2) is 60.8 Å². The molecule has 1 N–H and O–H groups in total. The Kier molecular flexibility index (Phi) is 5.33. The maximum Gasteiger partial charge on any atom is 0.261 e. The molecule has 1 aliphatic rings. The molecule has 4 rings (SSSR count). The predicted octanol–water partition coefficient (Wildman–Crippen LogP) is 4.57. The normalized spacial score (nSPS) is 12.9. The molecule has 0 spiro atoms. The lowest BCUT2D eigenvalue weighted by Gasteiger charge is -2.16. The van der Waals surface area contributed by atoms with Gasteiger partial charge >= 0.3 is 0 Å². The van der Waals surface area contributed by atoms with Crippen LogP contribution in [0.5, 0.6) is 5.88 Å². The number of fused-ring (bicyclic) bond motifs is 1. The first-order valence-electron chi connectivity index (χ1n) is 9.40. The highest BCUT2D eigenvalue weighted by molar-refractivity contribution is 6.07. The molecule has 5 nitrogen and oxygen atoms in total. The summed E-state index contributed by atoms with van der Waals surface area (Å²) in [5, 5.41) is 2.79. The molecule has 0 atom stereocenters. The van der Waals surface area contributed by atoms with Crippen molar-refractivity contribution >= 4 is 17.4 Å². The van der Waals surface area contributed by atoms with Gasteiger partial charge in [0.15, 0.2) is 5.78 Å². The van der Waals surface area contributed by atoms with Crippen molar-refractivity contribution < 1.29 is 18.7 Å². The number of amides is 1. The number of nitrogens with zero attached hydrogens (tertiary/aromatic N) is 1. The van der Waals surface area contributed by atoms with Crippen LogP contribution in [0.25, 0.3) is 0 Å². The standard InChI is InChI=1S/C23H19FN2O3/c24-20-8-2-1-5-16(20)14-29-23-18(7-4-12-25-23)22(28)26-17-11-10-15-6-3-9-21(27)19(15)13-17/h1-2,4-5,7-8,10-13H,3,6,9,14H2,(H,26,28). The number of halogens is 1. The summed E-state index contributed by atoms with van der Waals surface area (Å²) in [7, 11) is 0. The Labute approximate surface area is 167 Å². The predicted molar refractivity (Wildman–Crippen MR) is 107 cm³/mol. The fraction of sp³-hybridized carbons (Fsp3) is 0.174. The number of ketones is 1. The zero-order valence-electron chi connectivity index (χ0n) is 15.7. The fourth-order valence-corrected chi connectivity index (χ4v) is 3.34. The van der Waals surface area contributed by atoms with E-state index < -0.39 is 5.91 Å². The lowest BCUT2D eigenvalue weighted by atomic mass is 9.90. The van der Waals surface area contributed by atoms with Gasteiger partial charge in [0.25, 0.3) is 5.91 Å². The molecule has 0 saturated heterocycles. The summed E-state index contributed by atoms with van der Waals surface area (Å²) in [6, 6.07) is 14.9. The zero-order valence-corrected chi connectivity index (χ0v) is 15.7. The van der Waals surface area contributed by atoms with Gasteiger partial charge in [-0.1, -0.05) is 24.3 Å². The van der Waals surface area contributed by atoms with E-state index >= 15 is 0 Å². The van der Waals surface area contributed by atoms with Crippen molar-refractivity contribution in [3.63, 3.8) is 0 Å². The molecule has 29 heavy (non-hydrogen) atoms. The number of aryl methyl sites for hydroxylation is 1. The molecule has 0 aliphatic heterocycles. The van der Waals surface area contributed by atoms with Crippen LogP contribution in [-0.2, 0) is 13.0 Å². The number of rotatable bonds is 5. The van der Waals surface area contributed by atoms with Gasteiger partial charge in [0.2, 0.25) is 5.88 Å². The maximum absolute atomic E-state index is 13.8. The van der Waals surface area contributed by atoms with Gasteiger partial charge in [0.05, 0.1) is 0 Å². The molecule has 1 amide bonds. The van der Waals surface area contributed by atoms with E-state index in [0.29, 0.717) is 23.2 Å². The third kappa shape index (κ3) is 4.16. The van der Waals surface area contributed by atoms with Crippen LogP contribution in [0.3, 0.4) is 0 Å². The lowest BCUT2D eigenvalue weighted by molar-refractivity contribution is 0.0970. The lowest BCUT2D eigenvalue weighted by Crippen LogP contribution is -2.16. The summed E-state index contributed by atoms with van der Waals surface area (Å²) in [4.78, 5) is 29.0. The molecule has 0 fully saturated rings. The van der Waals surface area contributed by atoms with Crippen LogP contribution in [0.2, 0.25) is 0 Å². The van der Waals surface area contributed by atoms with Crippen LogP contribution in [-0.4, -0.2) is 16.7 Å². The molecule has 0 unspecified atom stereocenters. The first kappa shape index (κ1) is 18.8. The van der Waals surface area contributed by atoms with E-state index in [9.17, 15) is 14.0 Å². The number of pyridine rings is 1. The van der Waals surface area contributed by atoms with Crippen molar-refractivity contribution in [2.75, 3.05) is 5.32 Å². The molecule has 2 aromatic carbocycles. The van der Waals surface area contributed by atoms with E-state index in [1.165, 1.54) is 12.3 Å². The van der Waals surface area contributed by atoms with Crippen LogP contribution < -0.4 is 10.1 Å². The third-order valence-electron chi connectivity index (χ3n) is 4.86. The second-order valence-corrected chi connectivity index (χ2v) is 6.84. The van der Waals surface area contributed by atoms with Crippen LogP contribution in [0, 0.1) is 5.82 Å². The Balaban J connectivity index is 1.52. The highest BCUT2D eigenvalue weighted by Gasteiger charge is 2.19. The molecule has 146 valence electrons. The van der Waals surface area contributed by atoms with E-state index in [1.54, 1.807) is 42.5 Å². The highest BCUT2D eigenvalue weighted by Crippen LogP contribution is 2.25. The monoisotopic (exact) mass is 390 g/mol. The minimum Gasteiger partial charge on any atom is -0.472 e. The molecule has 1 aliphatic carbocycles. The molecule has 0 saturated carbocycles. The first-order valence-corrected chi connectivity index (χ1v) is 9.40. The van der Waals surface area contributed by atoms with E-state index in [4.69, 9.17) is 4.74 Å². The van der Waals surface area contributed by atoms with Gasteiger partial charge in [0, 0.05) is 29.4 Å². The minimum atomic E-state index is -0.412. The summed E-state index contributed by atoms with van der Waals surface area (Å²) in [6.07, 6.45) is 3.76. The first-order chi connectivity index (χ1) is 14.1. The van der Waals surface area contributed by atoms with Gasteiger partial charge < -0.3 is 10.1 Å². The number of ether oxygens (including phenoxy) is 1. The van der Waals surface area contributed by atoms with Gasteiger partial charge in [0.1, 0.15) is 18.0 Å². The van der Waals surface area contributed by atoms with E-state index in [2.05, 4.69) is 10.3 Å². The number of carbonyl (C=O) groups is 2. The van der Waals surface area contributed by atoms with Gasteiger partial charge in [-0.15, -0.1) is 0 Å². The van der Waals surface area contributed by atoms with E-state index in [-0.39, 0.29) is 29.7 Å². The van der Waals surface area contributed by atoms with E-state index in [0.717, 1.165) is 18.4 Å². The summed E-state index contributed by atoms with van der Waals surface area (Å²) in [6.45, 7) is -0.0443. The maximum atomic E-state index is 13.8. The van der Waals surface area contributed by atoms with Crippen molar-refractivity contribution in [1.82, 2.24) is 4.98 Å². The van der Waals surface area contributed by atoms with Gasteiger partial charge in [-0.05, 0) is 48.7 Å². The number of carbonyl (C=O) groups excluding carboxylic acids is 2. The number of Topliss-reactive ketones (excluding diaryl/α,β-unsaturated/α-hetero) is 1. The van der Waals surface area contributed by atoms with Crippen molar-refractivity contribution in [2.45, 2.75) is 25.9 Å². The number of hydrogen-bond acceptors (Lipinski definition) is 4. The van der Waals surface area contributed by atoms with Gasteiger partial charge in [-0.25, -0.2) is 9.37 Å². The van der Waals surface area contributed by atoms with Gasteiger partial charge in [-0.3, -0.25) is 9.59 Å². The SMILES string of the molecule is O=C1CCCc2ccc(NC(=O)c3cccnc3OCc3ccccc3F)cc21. The van der Waals surface area contributed by atoms with Crippen molar-refractivity contribution in [3.8, 4) is 5.88 Å². The molecule has 6 heteroatoms. The molecular formula is C23H19FN2O3. The molecule has 0 radical (unpaired) electrons. The zero-order chi connectivity index (χ0) is 20.2. The average Bonchev–Trinajstić information content (AvgIpc) is 2.74. The minimum absolute atomic E-state index is 0.0443. The Morgan fingerprint density at radius 2 is 1.97 bits per heavy atom. The Morgan fingerprint density at radius 3 is 2.83 bits per heavy atom. The number of anilines is 1. The topological polar surface area (TPSA) is 68.3 Å². The third-order valence-corrected chi connectivity index (χ3v) is 4.86. The number of aromatic nitrogens is 1. The van der Waals surface area contributed by atoms with Crippen molar-refractivity contribution in [1.29, 1.82) is 0 Å². The van der Waals surface area contributed by atoms with E-state index in [1.807, 2.05) is 6.07 Å². The Morgan fingerprint density at radius 1 is 1.10 bits per heavy atom. The smallest absolute Gasteiger partial charge is 0.261 e. The second kappa shape index (κ2) is 8.22. The molecule has 1 aromatic heterocycles. The Bertz CT molecular complexity index is 1080. The summed E-state index contributed by atoms with van der Waals surface area (Å²) >= 11 is 0. The average molecular weight is 390 g/mol. The van der Waals surface area contributed by atoms with Crippen molar-refractivity contribution in [3.05, 3.63) is 88.9 Å². The molecular weight excluding hydrogens is 371 g/mol. The summed E-state index contributed by atoms with van der Waals surface area (Å²) in [5.41, 5.74) is 2.81. The number of hydrogen-bond donors (Lipinski definition) is 1. The van der Waals surface area contributed by atoms with Crippen LogP contribution >= 0.6 is 0 Å². The Hall–Kier alpha value is -3.54. The van der Waals surface area contributed by atoms with Crippen LogP contribution in [0.4, 0.5) is 10.1 Å².